The van der Waals surface area contributed by atoms with E-state index in [4.69, 9.17) is 5.73 Å². The predicted octanol–water partition coefficient (Wildman–Crippen LogP) is 1.72. The van der Waals surface area contributed by atoms with Crippen molar-refractivity contribution in [2.45, 2.75) is 38.6 Å². The van der Waals surface area contributed by atoms with Crippen LogP contribution in [0.3, 0.4) is 0 Å². The maximum absolute atomic E-state index is 5.86. The van der Waals surface area contributed by atoms with Crippen molar-refractivity contribution in [3.8, 4) is 0 Å². The lowest BCUT2D eigenvalue weighted by Crippen LogP contribution is -2.34. The molecule has 0 spiro atoms. The van der Waals surface area contributed by atoms with E-state index in [1.807, 2.05) is 18.2 Å². The molecule has 0 bridgehead atoms. The van der Waals surface area contributed by atoms with Gasteiger partial charge in [0.05, 0.1) is 0 Å². The third kappa shape index (κ3) is 4.02. The Hall–Kier alpha value is -1.58. The molecule has 1 heterocycles. The topological polar surface area (TPSA) is 63.3 Å². The number of aromatic nitrogens is 1. The van der Waals surface area contributed by atoms with E-state index in [0.717, 1.165) is 18.0 Å². The molecule has 18 heavy (non-hydrogen) atoms. The fourth-order valence-electron chi connectivity index (χ4n) is 2.19. The normalized spacial score (nSPS) is 22.8. The van der Waals surface area contributed by atoms with Crippen LogP contribution in [0, 0.1) is 5.92 Å². The van der Waals surface area contributed by atoms with E-state index >= 15 is 0 Å². The van der Waals surface area contributed by atoms with Crippen LogP contribution in [0.15, 0.2) is 29.4 Å². The average molecular weight is 246 g/mol. The number of hydrogen-bond acceptors (Lipinski definition) is 2. The van der Waals surface area contributed by atoms with Gasteiger partial charge in [-0.3, -0.25) is 9.98 Å². The van der Waals surface area contributed by atoms with Gasteiger partial charge in [-0.15, -0.1) is 0 Å². The molecule has 3 N–H and O–H groups in total. The molecule has 4 heteroatoms. The summed E-state index contributed by atoms with van der Waals surface area (Å²) in [5.41, 5.74) is 6.92. The lowest BCUT2D eigenvalue weighted by atomic mass is 10.2. The highest BCUT2D eigenvalue weighted by Crippen LogP contribution is 2.34. The average Bonchev–Trinajstić information content (AvgIpc) is 3.09. The van der Waals surface area contributed by atoms with Crippen molar-refractivity contribution < 1.29 is 0 Å². The monoisotopic (exact) mass is 246 g/mol. The molecule has 1 aromatic rings. The first-order chi connectivity index (χ1) is 8.79. The van der Waals surface area contributed by atoms with Gasteiger partial charge in [0.2, 0.25) is 0 Å². The van der Waals surface area contributed by atoms with Crippen molar-refractivity contribution in [1.82, 2.24) is 10.3 Å². The second-order valence-electron chi connectivity index (χ2n) is 4.87. The zero-order chi connectivity index (χ0) is 12.8. The van der Waals surface area contributed by atoms with Gasteiger partial charge < -0.3 is 11.1 Å². The standard InChI is InChI=1S/C14H22N4/c1-2-5-11-10-13(11)18-14(15)17-9-7-12-6-3-4-8-16-12/h3-4,6,8,11,13H,2,5,7,9-10H2,1H3,(H3,15,17,18). The Balaban J connectivity index is 1.67. The Morgan fingerprint density at radius 3 is 3.17 bits per heavy atom. The highest BCUT2D eigenvalue weighted by molar-refractivity contribution is 5.78. The summed E-state index contributed by atoms with van der Waals surface area (Å²) in [6, 6.07) is 6.48. The maximum Gasteiger partial charge on any atom is 0.188 e. The fraction of sp³-hybridized carbons (Fsp3) is 0.571. The molecule has 1 aromatic heterocycles. The molecule has 0 amide bonds. The number of guanidine groups is 1. The smallest absolute Gasteiger partial charge is 0.188 e. The number of pyridine rings is 1. The number of rotatable bonds is 6. The van der Waals surface area contributed by atoms with E-state index in [0.29, 0.717) is 18.5 Å². The van der Waals surface area contributed by atoms with Gasteiger partial charge in [0.1, 0.15) is 0 Å². The van der Waals surface area contributed by atoms with E-state index < -0.39 is 0 Å². The van der Waals surface area contributed by atoms with E-state index in [1.165, 1.54) is 19.3 Å². The van der Waals surface area contributed by atoms with Crippen molar-refractivity contribution in [3.05, 3.63) is 30.1 Å². The first-order valence-corrected chi connectivity index (χ1v) is 6.76. The Morgan fingerprint density at radius 1 is 1.56 bits per heavy atom. The summed E-state index contributed by atoms with van der Waals surface area (Å²) in [6.07, 6.45) is 6.43. The Kier molecular flexibility index (Phi) is 4.56. The largest absolute Gasteiger partial charge is 0.370 e. The highest BCUT2D eigenvalue weighted by atomic mass is 15.1. The molecule has 0 radical (unpaired) electrons. The molecular weight excluding hydrogens is 224 g/mol. The SMILES string of the molecule is CCCC1CC1NC(N)=NCCc1ccccn1. The fourth-order valence-corrected chi connectivity index (χ4v) is 2.19. The van der Waals surface area contributed by atoms with E-state index in [1.54, 1.807) is 6.20 Å². The third-order valence-electron chi connectivity index (χ3n) is 3.29. The van der Waals surface area contributed by atoms with Crippen molar-refractivity contribution in [2.75, 3.05) is 6.54 Å². The number of aliphatic imine (C=N–C) groups is 1. The minimum absolute atomic E-state index is 0.559. The van der Waals surface area contributed by atoms with Gasteiger partial charge in [-0.2, -0.15) is 0 Å². The van der Waals surface area contributed by atoms with Gasteiger partial charge in [0.25, 0.3) is 0 Å². The summed E-state index contributed by atoms with van der Waals surface area (Å²) in [5.74, 6) is 1.38. The molecule has 1 aliphatic carbocycles. The number of nitrogens with zero attached hydrogens (tertiary/aromatic N) is 2. The summed E-state index contributed by atoms with van der Waals surface area (Å²) in [5, 5.41) is 3.28. The van der Waals surface area contributed by atoms with Gasteiger partial charge in [0, 0.05) is 30.9 Å². The highest BCUT2D eigenvalue weighted by Gasteiger charge is 2.36. The summed E-state index contributed by atoms with van der Waals surface area (Å²) in [7, 11) is 0. The molecule has 0 saturated heterocycles. The van der Waals surface area contributed by atoms with Gasteiger partial charge in [-0.05, 0) is 30.9 Å². The summed E-state index contributed by atoms with van der Waals surface area (Å²) in [4.78, 5) is 8.59. The maximum atomic E-state index is 5.86. The van der Waals surface area contributed by atoms with Crippen LogP contribution in [0.1, 0.15) is 31.9 Å². The van der Waals surface area contributed by atoms with Crippen LogP contribution in [-0.2, 0) is 6.42 Å². The minimum atomic E-state index is 0.559. The van der Waals surface area contributed by atoms with Crippen molar-refractivity contribution in [3.63, 3.8) is 0 Å². The zero-order valence-corrected chi connectivity index (χ0v) is 11.0. The van der Waals surface area contributed by atoms with Gasteiger partial charge in [-0.25, -0.2) is 0 Å². The summed E-state index contributed by atoms with van der Waals surface area (Å²) in [6.45, 7) is 2.92. The third-order valence-corrected chi connectivity index (χ3v) is 3.29. The van der Waals surface area contributed by atoms with Crippen molar-refractivity contribution >= 4 is 5.96 Å². The molecule has 1 saturated carbocycles. The van der Waals surface area contributed by atoms with Crippen LogP contribution in [0.25, 0.3) is 0 Å². The molecule has 2 unspecified atom stereocenters. The Bertz CT molecular complexity index is 388. The molecule has 0 aliphatic heterocycles. The van der Waals surface area contributed by atoms with E-state index in [9.17, 15) is 0 Å². The molecular formula is C14H22N4. The first-order valence-electron chi connectivity index (χ1n) is 6.76. The van der Waals surface area contributed by atoms with E-state index in [2.05, 4.69) is 22.2 Å². The molecule has 4 nitrogen and oxygen atoms in total. The van der Waals surface area contributed by atoms with Gasteiger partial charge in [-0.1, -0.05) is 19.4 Å². The molecule has 1 fully saturated rings. The quantitative estimate of drug-likeness (QED) is 0.593. The molecule has 2 atom stereocenters. The number of nitrogens with two attached hydrogens (primary N) is 1. The van der Waals surface area contributed by atoms with Crippen LogP contribution in [0.2, 0.25) is 0 Å². The van der Waals surface area contributed by atoms with Crippen LogP contribution in [-0.4, -0.2) is 23.5 Å². The molecule has 2 rings (SSSR count). The second-order valence-corrected chi connectivity index (χ2v) is 4.87. The van der Waals surface area contributed by atoms with Crippen LogP contribution in [0.4, 0.5) is 0 Å². The number of hydrogen-bond donors (Lipinski definition) is 2. The Morgan fingerprint density at radius 2 is 2.44 bits per heavy atom. The van der Waals surface area contributed by atoms with Crippen molar-refractivity contribution in [2.24, 2.45) is 16.6 Å². The molecule has 0 aromatic carbocycles. The van der Waals surface area contributed by atoms with Crippen molar-refractivity contribution in [1.29, 1.82) is 0 Å². The second kappa shape index (κ2) is 6.38. The lowest BCUT2D eigenvalue weighted by molar-refractivity contribution is 0.661. The predicted molar refractivity (Wildman–Crippen MR) is 74.4 cm³/mol. The molecule has 98 valence electrons. The minimum Gasteiger partial charge on any atom is -0.370 e. The number of nitrogens with one attached hydrogen (secondary N) is 1. The first kappa shape index (κ1) is 12.9. The molecule has 1 aliphatic rings. The lowest BCUT2D eigenvalue weighted by Gasteiger charge is -2.04. The Labute approximate surface area is 109 Å². The van der Waals surface area contributed by atoms with Crippen LogP contribution >= 0.6 is 0 Å². The van der Waals surface area contributed by atoms with Crippen LogP contribution < -0.4 is 11.1 Å². The summed E-state index contributed by atoms with van der Waals surface area (Å²) < 4.78 is 0. The van der Waals surface area contributed by atoms with Crippen LogP contribution in [0.5, 0.6) is 0 Å². The van der Waals surface area contributed by atoms with Gasteiger partial charge in [0.15, 0.2) is 5.96 Å². The van der Waals surface area contributed by atoms with Gasteiger partial charge >= 0.3 is 0 Å². The summed E-state index contributed by atoms with van der Waals surface area (Å²) >= 11 is 0. The zero-order valence-electron chi connectivity index (χ0n) is 11.0. The van der Waals surface area contributed by atoms with E-state index in [-0.39, 0.29) is 0 Å².